The van der Waals surface area contributed by atoms with Crippen LogP contribution in [0.1, 0.15) is 30.4 Å². The molecular formula is C16H20N2O2S. The molecule has 4 nitrogen and oxygen atoms in total. The summed E-state index contributed by atoms with van der Waals surface area (Å²) in [5.74, 6) is 0.0110. The zero-order valence-electron chi connectivity index (χ0n) is 12.6. The van der Waals surface area contributed by atoms with Crippen molar-refractivity contribution >= 4 is 33.0 Å². The van der Waals surface area contributed by atoms with Crippen molar-refractivity contribution in [3.8, 4) is 0 Å². The molecule has 1 atom stereocenters. The van der Waals surface area contributed by atoms with Gasteiger partial charge in [-0.1, -0.05) is 18.2 Å². The zero-order chi connectivity index (χ0) is 15.2. The molecule has 1 aromatic carbocycles. The first-order valence-corrected chi connectivity index (χ1v) is 7.93. The van der Waals surface area contributed by atoms with Gasteiger partial charge in [-0.15, -0.1) is 11.3 Å². The second kappa shape index (κ2) is 5.00. The van der Waals surface area contributed by atoms with E-state index in [-0.39, 0.29) is 17.6 Å². The van der Waals surface area contributed by atoms with Crippen LogP contribution in [0.2, 0.25) is 0 Å². The SMILES string of the molecule is CC1CN(C(=O)c2sc3ccccc3c2N)CC(C)(C)O1. The van der Waals surface area contributed by atoms with E-state index in [4.69, 9.17) is 10.5 Å². The zero-order valence-corrected chi connectivity index (χ0v) is 13.4. The number of anilines is 1. The van der Waals surface area contributed by atoms with E-state index in [1.807, 2.05) is 49.9 Å². The lowest BCUT2D eigenvalue weighted by Crippen LogP contribution is -2.53. The minimum Gasteiger partial charge on any atom is -0.397 e. The third kappa shape index (κ3) is 2.63. The number of ether oxygens (including phenoxy) is 1. The van der Waals surface area contributed by atoms with Crippen LogP contribution in [-0.2, 0) is 4.74 Å². The smallest absolute Gasteiger partial charge is 0.266 e. The Kier molecular flexibility index (Phi) is 3.42. The summed E-state index contributed by atoms with van der Waals surface area (Å²) in [5.41, 5.74) is 6.45. The third-order valence-corrected chi connectivity index (χ3v) is 4.86. The number of carbonyl (C=O) groups excluding carboxylic acids is 1. The normalized spacial score (nSPS) is 21.7. The lowest BCUT2D eigenvalue weighted by molar-refractivity contribution is -0.118. The molecule has 0 radical (unpaired) electrons. The van der Waals surface area contributed by atoms with Gasteiger partial charge in [-0.3, -0.25) is 4.79 Å². The second-order valence-corrected chi connectivity index (χ2v) is 7.27. The van der Waals surface area contributed by atoms with Crippen LogP contribution in [0.25, 0.3) is 10.1 Å². The Morgan fingerprint density at radius 3 is 2.81 bits per heavy atom. The lowest BCUT2D eigenvalue weighted by atomic mass is 10.1. The van der Waals surface area contributed by atoms with Crippen LogP contribution in [0, 0.1) is 0 Å². The predicted octanol–water partition coefficient (Wildman–Crippen LogP) is 3.12. The fourth-order valence-corrected chi connectivity index (χ4v) is 4.07. The summed E-state index contributed by atoms with van der Waals surface area (Å²) < 4.78 is 6.91. The van der Waals surface area contributed by atoms with Gasteiger partial charge >= 0.3 is 0 Å². The van der Waals surface area contributed by atoms with E-state index in [2.05, 4.69) is 0 Å². The van der Waals surface area contributed by atoms with Crippen molar-refractivity contribution in [2.24, 2.45) is 0 Å². The van der Waals surface area contributed by atoms with E-state index in [9.17, 15) is 4.79 Å². The van der Waals surface area contributed by atoms with E-state index in [1.165, 1.54) is 11.3 Å². The summed E-state index contributed by atoms with van der Waals surface area (Å²) in [5, 5.41) is 0.964. The van der Waals surface area contributed by atoms with Crippen LogP contribution >= 0.6 is 11.3 Å². The van der Waals surface area contributed by atoms with Gasteiger partial charge in [0.2, 0.25) is 0 Å². The largest absolute Gasteiger partial charge is 0.397 e. The number of thiophene rings is 1. The van der Waals surface area contributed by atoms with E-state index in [0.29, 0.717) is 23.7 Å². The molecule has 1 saturated heterocycles. The molecule has 2 N–H and O–H groups in total. The van der Waals surface area contributed by atoms with Crippen molar-refractivity contribution in [2.75, 3.05) is 18.8 Å². The Morgan fingerprint density at radius 2 is 2.14 bits per heavy atom. The average Bonchev–Trinajstić information content (AvgIpc) is 2.73. The molecule has 21 heavy (non-hydrogen) atoms. The van der Waals surface area contributed by atoms with E-state index >= 15 is 0 Å². The summed E-state index contributed by atoms with van der Waals surface area (Å²) in [6.45, 7) is 7.21. The van der Waals surface area contributed by atoms with Gasteiger partial charge in [0, 0.05) is 23.2 Å². The monoisotopic (exact) mass is 304 g/mol. The molecule has 5 heteroatoms. The van der Waals surface area contributed by atoms with Crippen LogP contribution < -0.4 is 5.73 Å². The molecule has 0 saturated carbocycles. The number of nitrogens with two attached hydrogens (primary N) is 1. The summed E-state index contributed by atoms with van der Waals surface area (Å²) in [6.07, 6.45) is 0.0355. The quantitative estimate of drug-likeness (QED) is 0.880. The van der Waals surface area contributed by atoms with Crippen molar-refractivity contribution in [1.29, 1.82) is 0 Å². The number of hydrogen-bond acceptors (Lipinski definition) is 4. The van der Waals surface area contributed by atoms with Crippen molar-refractivity contribution in [2.45, 2.75) is 32.5 Å². The lowest BCUT2D eigenvalue weighted by Gasteiger charge is -2.41. The molecule has 1 aliphatic heterocycles. The topological polar surface area (TPSA) is 55.6 Å². The van der Waals surface area contributed by atoms with Crippen LogP contribution in [0.4, 0.5) is 5.69 Å². The summed E-state index contributed by atoms with van der Waals surface area (Å²) >= 11 is 1.47. The molecule has 1 unspecified atom stereocenters. The summed E-state index contributed by atoms with van der Waals surface area (Å²) in [6, 6.07) is 7.87. The number of rotatable bonds is 1. The van der Waals surface area contributed by atoms with Crippen molar-refractivity contribution in [1.82, 2.24) is 4.90 Å². The van der Waals surface area contributed by atoms with Crippen molar-refractivity contribution < 1.29 is 9.53 Å². The Morgan fingerprint density at radius 1 is 1.43 bits per heavy atom. The maximum Gasteiger partial charge on any atom is 0.266 e. The predicted molar refractivity (Wildman–Crippen MR) is 86.8 cm³/mol. The van der Waals surface area contributed by atoms with Gasteiger partial charge in [0.25, 0.3) is 5.91 Å². The average molecular weight is 304 g/mol. The van der Waals surface area contributed by atoms with Crippen LogP contribution in [0.15, 0.2) is 24.3 Å². The first-order chi connectivity index (χ1) is 9.87. The molecule has 0 spiro atoms. The second-order valence-electron chi connectivity index (χ2n) is 6.21. The number of carbonyl (C=O) groups is 1. The van der Waals surface area contributed by atoms with Crippen molar-refractivity contribution in [3.63, 3.8) is 0 Å². The molecule has 1 amide bonds. The molecule has 0 bridgehead atoms. The highest BCUT2D eigenvalue weighted by Gasteiger charge is 2.35. The highest BCUT2D eigenvalue weighted by atomic mass is 32.1. The minimum atomic E-state index is -0.321. The van der Waals surface area contributed by atoms with Crippen LogP contribution in [0.5, 0.6) is 0 Å². The van der Waals surface area contributed by atoms with Gasteiger partial charge in [-0.05, 0) is 26.8 Å². The summed E-state index contributed by atoms with van der Waals surface area (Å²) in [4.78, 5) is 15.3. The maximum atomic E-state index is 12.8. The molecule has 112 valence electrons. The first kappa shape index (κ1) is 14.4. The van der Waals surface area contributed by atoms with E-state index in [1.54, 1.807) is 0 Å². The molecular weight excluding hydrogens is 284 g/mol. The van der Waals surface area contributed by atoms with Gasteiger partial charge < -0.3 is 15.4 Å². The van der Waals surface area contributed by atoms with Crippen LogP contribution in [-0.4, -0.2) is 35.6 Å². The van der Waals surface area contributed by atoms with E-state index < -0.39 is 0 Å². The van der Waals surface area contributed by atoms with Crippen LogP contribution in [0.3, 0.4) is 0 Å². The number of fused-ring (bicyclic) bond motifs is 1. The fraction of sp³-hybridized carbons (Fsp3) is 0.438. The van der Waals surface area contributed by atoms with Gasteiger partial charge in [0.15, 0.2) is 0 Å². The van der Waals surface area contributed by atoms with Gasteiger partial charge in [0.1, 0.15) is 4.88 Å². The number of amides is 1. The Hall–Kier alpha value is -1.59. The molecule has 0 aliphatic carbocycles. The molecule has 3 rings (SSSR count). The molecule has 1 fully saturated rings. The van der Waals surface area contributed by atoms with Gasteiger partial charge in [-0.2, -0.15) is 0 Å². The number of nitrogens with zero attached hydrogens (tertiary/aromatic N) is 1. The molecule has 1 aliphatic rings. The van der Waals surface area contributed by atoms with Gasteiger partial charge in [0.05, 0.1) is 17.4 Å². The Bertz CT molecular complexity index is 693. The number of nitrogen functional groups attached to an aromatic ring is 1. The third-order valence-electron chi connectivity index (χ3n) is 3.68. The fourth-order valence-electron chi connectivity index (χ4n) is 2.98. The summed E-state index contributed by atoms with van der Waals surface area (Å²) in [7, 11) is 0. The Balaban J connectivity index is 1.95. The Labute approximate surface area is 128 Å². The van der Waals surface area contributed by atoms with Gasteiger partial charge in [-0.25, -0.2) is 0 Å². The van der Waals surface area contributed by atoms with Crippen molar-refractivity contribution in [3.05, 3.63) is 29.1 Å². The molecule has 2 aromatic rings. The number of morpholine rings is 1. The maximum absolute atomic E-state index is 12.8. The number of hydrogen-bond donors (Lipinski definition) is 1. The van der Waals surface area contributed by atoms with E-state index in [0.717, 1.165) is 10.1 Å². The number of benzene rings is 1. The minimum absolute atomic E-state index is 0.0110. The first-order valence-electron chi connectivity index (χ1n) is 7.11. The standard InChI is InChI=1S/C16H20N2O2S/c1-10-8-18(9-16(2,3)20-10)15(19)14-13(17)11-6-4-5-7-12(11)21-14/h4-7,10H,8-9,17H2,1-3H3. The molecule has 1 aromatic heterocycles. The highest BCUT2D eigenvalue weighted by Crippen LogP contribution is 2.35. The highest BCUT2D eigenvalue weighted by molar-refractivity contribution is 7.21. The molecule has 2 heterocycles.